The number of nitrogens with two attached hydrogens (primary N) is 1. The SMILES string of the molecule is CC(C)(O[Si](C)(C)C(C)(C)C)c1ncc(-c2cc(N[C@H](CC(C#N)N[S@](=O)C(C)(C)C)c3c(Br)cccc3OC(F)F)c(N)cc2F)cn1. The highest BCUT2D eigenvalue weighted by atomic mass is 79.9. The summed E-state index contributed by atoms with van der Waals surface area (Å²) in [5, 5.41) is 13.2. The molecule has 0 saturated carbocycles. The Morgan fingerprint density at radius 2 is 1.69 bits per heavy atom. The van der Waals surface area contributed by atoms with Crippen molar-refractivity contribution in [1.82, 2.24) is 14.7 Å². The van der Waals surface area contributed by atoms with E-state index in [1.54, 1.807) is 26.8 Å². The van der Waals surface area contributed by atoms with E-state index in [2.05, 4.69) is 75.9 Å². The molecule has 49 heavy (non-hydrogen) atoms. The number of halogens is 4. The van der Waals surface area contributed by atoms with Crippen LogP contribution in [0.15, 0.2) is 47.2 Å². The summed E-state index contributed by atoms with van der Waals surface area (Å²) in [6.07, 6.45) is 2.96. The molecule has 0 aliphatic heterocycles. The molecule has 4 N–H and O–H groups in total. The minimum atomic E-state index is -3.13. The Kier molecular flexibility index (Phi) is 12.8. The highest BCUT2D eigenvalue weighted by Crippen LogP contribution is 2.42. The highest BCUT2D eigenvalue weighted by molar-refractivity contribution is 9.10. The van der Waals surface area contributed by atoms with E-state index >= 15 is 4.39 Å². The van der Waals surface area contributed by atoms with E-state index in [1.807, 2.05) is 13.8 Å². The molecule has 1 unspecified atom stereocenters. The minimum Gasteiger partial charge on any atom is -0.434 e. The third kappa shape index (κ3) is 10.3. The molecule has 268 valence electrons. The fourth-order valence-electron chi connectivity index (χ4n) is 4.71. The number of anilines is 2. The molecule has 3 rings (SSSR count). The first-order valence-electron chi connectivity index (χ1n) is 15.7. The number of nitrogen functional groups attached to an aromatic ring is 1. The fraction of sp³-hybridized carbons (Fsp3) is 0.500. The van der Waals surface area contributed by atoms with Gasteiger partial charge in [-0.2, -0.15) is 14.0 Å². The Labute approximate surface area is 299 Å². The molecule has 0 spiro atoms. The Bertz CT molecular complexity index is 1690. The number of hydrogen-bond acceptors (Lipinski definition) is 8. The van der Waals surface area contributed by atoms with E-state index in [-0.39, 0.29) is 39.7 Å². The second kappa shape index (κ2) is 15.5. The van der Waals surface area contributed by atoms with Gasteiger partial charge in [-0.3, -0.25) is 0 Å². The van der Waals surface area contributed by atoms with Crippen LogP contribution < -0.4 is 20.5 Å². The zero-order valence-electron chi connectivity index (χ0n) is 29.5. The molecule has 9 nitrogen and oxygen atoms in total. The standard InChI is InChI=1S/C34H46BrF3N6O3SSi/c1-32(2,3)48(45)44-21(17-39)14-27(29-23(35)12-11-13-28(29)46-31(37)38)43-26-15-22(24(36)16-25(26)40)20-18-41-30(42-19-20)34(7,8)47-49(9,10)33(4,5)6/h11-13,15-16,18-19,21,27,31,43-44H,14,40H2,1-10H3/t21?,27-,48-/m1/s1. The lowest BCUT2D eigenvalue weighted by Gasteiger charge is -2.42. The van der Waals surface area contributed by atoms with Crippen LogP contribution in [0.5, 0.6) is 5.75 Å². The van der Waals surface area contributed by atoms with Gasteiger partial charge >= 0.3 is 6.61 Å². The van der Waals surface area contributed by atoms with E-state index < -0.39 is 54.2 Å². The number of hydrogen-bond donors (Lipinski definition) is 3. The highest BCUT2D eigenvalue weighted by Gasteiger charge is 2.43. The first-order chi connectivity index (χ1) is 22.5. The summed E-state index contributed by atoms with van der Waals surface area (Å²) in [6.45, 7) is 16.7. The van der Waals surface area contributed by atoms with E-state index in [9.17, 15) is 18.3 Å². The zero-order chi connectivity index (χ0) is 37.1. The number of nitriles is 1. The molecule has 0 bridgehead atoms. The Hall–Kier alpha value is -3.03. The lowest BCUT2D eigenvalue weighted by molar-refractivity contribution is -0.0506. The third-order valence-electron chi connectivity index (χ3n) is 8.30. The number of nitrogens with one attached hydrogen (secondary N) is 2. The molecule has 0 saturated heterocycles. The van der Waals surface area contributed by atoms with E-state index in [1.165, 1.54) is 30.6 Å². The van der Waals surface area contributed by atoms with E-state index in [4.69, 9.17) is 14.9 Å². The monoisotopic (exact) mass is 782 g/mol. The molecule has 2 aromatic carbocycles. The first-order valence-corrected chi connectivity index (χ1v) is 20.5. The van der Waals surface area contributed by atoms with Crippen LogP contribution in [0.3, 0.4) is 0 Å². The van der Waals surface area contributed by atoms with Crippen molar-refractivity contribution in [2.75, 3.05) is 11.1 Å². The van der Waals surface area contributed by atoms with Gasteiger partial charge < -0.3 is 20.2 Å². The van der Waals surface area contributed by atoms with Crippen molar-refractivity contribution in [3.05, 3.63) is 64.4 Å². The van der Waals surface area contributed by atoms with Crippen LogP contribution in [0.1, 0.15) is 79.2 Å². The van der Waals surface area contributed by atoms with Crippen molar-refractivity contribution in [2.45, 2.75) is 109 Å². The summed E-state index contributed by atoms with van der Waals surface area (Å²) >= 11 is 3.43. The summed E-state index contributed by atoms with van der Waals surface area (Å²) in [5.41, 5.74) is 6.51. The van der Waals surface area contributed by atoms with E-state index in [0.29, 0.717) is 15.9 Å². The molecule has 0 fully saturated rings. The molecule has 0 aliphatic rings. The molecule has 0 aliphatic carbocycles. The largest absolute Gasteiger partial charge is 0.434 e. The van der Waals surface area contributed by atoms with Crippen LogP contribution in [-0.4, -0.2) is 39.9 Å². The summed E-state index contributed by atoms with van der Waals surface area (Å²) in [4.78, 5) is 9.09. The van der Waals surface area contributed by atoms with Crippen molar-refractivity contribution in [1.29, 1.82) is 5.26 Å². The van der Waals surface area contributed by atoms with Crippen molar-refractivity contribution in [3.8, 4) is 22.9 Å². The number of aromatic nitrogens is 2. The number of alkyl halides is 2. The molecular formula is C34H46BrF3N6O3SSi. The smallest absolute Gasteiger partial charge is 0.387 e. The van der Waals surface area contributed by atoms with Crippen LogP contribution in [0.4, 0.5) is 24.5 Å². The predicted octanol–water partition coefficient (Wildman–Crippen LogP) is 8.97. The maximum atomic E-state index is 15.5. The van der Waals surface area contributed by atoms with Crippen LogP contribution in [0.25, 0.3) is 11.1 Å². The number of rotatable bonds is 13. The van der Waals surface area contributed by atoms with Gasteiger partial charge in [-0.15, -0.1) is 0 Å². The lowest BCUT2D eigenvalue weighted by atomic mass is 9.97. The fourth-order valence-corrected chi connectivity index (χ4v) is 7.77. The number of nitrogens with zero attached hydrogens (tertiary/aromatic N) is 3. The summed E-state index contributed by atoms with van der Waals surface area (Å²) in [5.74, 6) is -0.339. The molecule has 3 aromatic rings. The predicted molar refractivity (Wildman–Crippen MR) is 195 cm³/mol. The van der Waals surface area contributed by atoms with Crippen LogP contribution >= 0.6 is 15.9 Å². The second-order valence-electron chi connectivity index (χ2n) is 14.7. The van der Waals surface area contributed by atoms with Crippen LogP contribution in [0, 0.1) is 17.1 Å². The summed E-state index contributed by atoms with van der Waals surface area (Å²) < 4.78 is 69.4. The van der Waals surface area contributed by atoms with Crippen molar-refractivity contribution in [2.24, 2.45) is 0 Å². The van der Waals surface area contributed by atoms with Crippen LogP contribution in [-0.2, 0) is 21.0 Å². The zero-order valence-corrected chi connectivity index (χ0v) is 32.9. The molecule has 1 heterocycles. The average Bonchev–Trinajstić information content (AvgIpc) is 2.96. The Morgan fingerprint density at radius 1 is 1.08 bits per heavy atom. The van der Waals surface area contributed by atoms with Gasteiger partial charge in [-0.1, -0.05) is 42.8 Å². The average molecular weight is 784 g/mol. The van der Waals surface area contributed by atoms with Gasteiger partial charge in [-0.25, -0.2) is 23.3 Å². The van der Waals surface area contributed by atoms with Crippen molar-refractivity contribution in [3.63, 3.8) is 0 Å². The molecule has 3 atom stereocenters. The van der Waals surface area contributed by atoms with Crippen molar-refractivity contribution >= 4 is 46.6 Å². The molecule has 0 radical (unpaired) electrons. The van der Waals surface area contributed by atoms with Gasteiger partial charge in [0.05, 0.1) is 39.2 Å². The maximum absolute atomic E-state index is 15.5. The summed E-state index contributed by atoms with van der Waals surface area (Å²) in [7, 11) is -3.80. The summed E-state index contributed by atoms with van der Waals surface area (Å²) in [6, 6.07) is 7.35. The molecular weight excluding hydrogens is 737 g/mol. The topological polar surface area (TPSA) is 135 Å². The molecule has 1 aromatic heterocycles. The van der Waals surface area contributed by atoms with E-state index in [0.717, 1.165) is 6.07 Å². The minimum absolute atomic E-state index is 0.0239. The Morgan fingerprint density at radius 3 is 2.22 bits per heavy atom. The Balaban J connectivity index is 2.06. The van der Waals surface area contributed by atoms with Gasteiger partial charge in [-0.05, 0) is 77.0 Å². The second-order valence-corrected chi connectivity index (χ2v) is 22.3. The molecule has 15 heteroatoms. The number of ether oxygens (including phenoxy) is 1. The van der Waals surface area contributed by atoms with Gasteiger partial charge in [0.2, 0.25) is 0 Å². The van der Waals surface area contributed by atoms with Gasteiger partial charge in [0.1, 0.15) is 23.2 Å². The lowest BCUT2D eigenvalue weighted by Crippen LogP contribution is -2.46. The van der Waals surface area contributed by atoms with Gasteiger partial charge in [0.25, 0.3) is 0 Å². The van der Waals surface area contributed by atoms with Gasteiger partial charge in [0, 0.05) is 40.0 Å². The normalized spacial score (nSPS) is 14.7. The molecule has 0 amide bonds. The first kappa shape index (κ1) is 40.4. The quantitative estimate of drug-likeness (QED) is 0.116. The van der Waals surface area contributed by atoms with Crippen molar-refractivity contribution < 1.29 is 26.5 Å². The third-order valence-corrected chi connectivity index (χ3v) is 15.2. The number of benzene rings is 2. The van der Waals surface area contributed by atoms with Crippen LogP contribution in [0.2, 0.25) is 18.1 Å². The van der Waals surface area contributed by atoms with Gasteiger partial charge in [0.15, 0.2) is 14.1 Å². The maximum Gasteiger partial charge on any atom is 0.387 e.